The van der Waals surface area contributed by atoms with Crippen LogP contribution in [0.25, 0.3) is 22.8 Å². The van der Waals surface area contributed by atoms with Gasteiger partial charge >= 0.3 is 0 Å². The van der Waals surface area contributed by atoms with Crippen LogP contribution in [0.4, 0.5) is 0 Å². The van der Waals surface area contributed by atoms with Crippen molar-refractivity contribution in [1.82, 2.24) is 15.5 Å². The number of aromatic nitrogens is 2. The minimum absolute atomic E-state index is 0.199. The summed E-state index contributed by atoms with van der Waals surface area (Å²) in [4.78, 5) is 15.6. The molecule has 1 amide bonds. The van der Waals surface area contributed by atoms with Crippen LogP contribution in [-0.4, -0.2) is 16.0 Å². The van der Waals surface area contributed by atoms with E-state index in [1.165, 1.54) is 6.08 Å². The minimum atomic E-state index is -0.199. The van der Waals surface area contributed by atoms with Gasteiger partial charge in [0, 0.05) is 22.1 Å². The summed E-state index contributed by atoms with van der Waals surface area (Å²) in [7, 11) is 0. The van der Waals surface area contributed by atoms with Gasteiger partial charge in [0.1, 0.15) is 0 Å². The fraction of sp³-hybridized carbons (Fsp3) is 0.0556. The summed E-state index contributed by atoms with van der Waals surface area (Å²) in [5, 5.41) is 6.75. The lowest BCUT2D eigenvalue weighted by Gasteiger charge is -2.02. The molecule has 0 aliphatic rings. The van der Waals surface area contributed by atoms with Crippen molar-refractivity contribution in [2.45, 2.75) is 6.54 Å². The first-order valence-electron chi connectivity index (χ1n) is 7.25. The van der Waals surface area contributed by atoms with Crippen molar-refractivity contribution in [3.05, 3.63) is 71.2 Å². The van der Waals surface area contributed by atoms with Gasteiger partial charge in [-0.15, -0.1) is 0 Å². The highest BCUT2D eigenvalue weighted by Crippen LogP contribution is 2.24. The predicted octanol–water partition coefficient (Wildman–Crippen LogP) is 3.97. The lowest BCUT2D eigenvalue weighted by Crippen LogP contribution is -2.19. The summed E-state index contributed by atoms with van der Waals surface area (Å²) < 4.78 is 6.30. The van der Waals surface area contributed by atoms with Crippen molar-refractivity contribution < 1.29 is 9.32 Å². The number of benzene rings is 2. The van der Waals surface area contributed by atoms with E-state index in [4.69, 9.17) is 4.52 Å². The zero-order chi connectivity index (χ0) is 16.9. The monoisotopic (exact) mass is 383 g/mol. The van der Waals surface area contributed by atoms with Crippen LogP contribution >= 0.6 is 15.9 Å². The summed E-state index contributed by atoms with van der Waals surface area (Å²) in [5.74, 6) is 0.787. The first-order chi connectivity index (χ1) is 11.7. The number of nitrogens with zero attached hydrogens (tertiary/aromatic N) is 2. The molecule has 3 aromatic rings. The minimum Gasteiger partial charge on any atom is -0.348 e. The van der Waals surface area contributed by atoms with Gasteiger partial charge in [0.2, 0.25) is 11.7 Å². The molecular weight excluding hydrogens is 370 g/mol. The molecule has 1 N–H and O–H groups in total. The highest BCUT2D eigenvalue weighted by atomic mass is 79.9. The molecule has 2 aromatic carbocycles. The molecule has 0 aliphatic heterocycles. The molecule has 0 radical (unpaired) electrons. The summed E-state index contributed by atoms with van der Waals surface area (Å²) in [6.45, 7) is 3.86. The number of carbonyl (C=O) groups excluding carboxylic acids is 1. The van der Waals surface area contributed by atoms with Crippen molar-refractivity contribution in [2.24, 2.45) is 0 Å². The Morgan fingerprint density at radius 3 is 2.71 bits per heavy atom. The van der Waals surface area contributed by atoms with Gasteiger partial charge in [-0.2, -0.15) is 4.98 Å². The fourth-order valence-corrected chi connectivity index (χ4v) is 2.51. The van der Waals surface area contributed by atoms with Crippen LogP contribution in [0.2, 0.25) is 0 Å². The SMILES string of the molecule is C=CC(=O)NCc1ccc(-c2nc(-c3cccc(Br)c3)no2)cc1. The molecule has 0 saturated carbocycles. The average Bonchev–Trinajstić information content (AvgIpc) is 3.10. The quantitative estimate of drug-likeness (QED) is 0.676. The van der Waals surface area contributed by atoms with E-state index in [9.17, 15) is 4.79 Å². The molecule has 24 heavy (non-hydrogen) atoms. The molecule has 0 saturated heterocycles. The second-order valence-corrected chi connectivity index (χ2v) is 5.97. The Morgan fingerprint density at radius 2 is 2.00 bits per heavy atom. The number of nitrogens with one attached hydrogen (secondary N) is 1. The van der Waals surface area contributed by atoms with Crippen molar-refractivity contribution in [3.8, 4) is 22.8 Å². The second-order valence-electron chi connectivity index (χ2n) is 5.05. The lowest BCUT2D eigenvalue weighted by atomic mass is 10.1. The van der Waals surface area contributed by atoms with Gasteiger partial charge in [-0.3, -0.25) is 4.79 Å². The van der Waals surface area contributed by atoms with E-state index >= 15 is 0 Å². The van der Waals surface area contributed by atoms with Gasteiger partial charge in [0.15, 0.2) is 0 Å². The second kappa shape index (κ2) is 7.23. The number of halogens is 1. The van der Waals surface area contributed by atoms with E-state index in [1.807, 2.05) is 48.5 Å². The van der Waals surface area contributed by atoms with Gasteiger partial charge in [-0.05, 0) is 35.9 Å². The smallest absolute Gasteiger partial charge is 0.258 e. The number of amides is 1. The zero-order valence-electron chi connectivity index (χ0n) is 12.7. The maximum absolute atomic E-state index is 11.2. The summed E-state index contributed by atoms with van der Waals surface area (Å²) in [6, 6.07) is 15.3. The first kappa shape index (κ1) is 16.1. The molecule has 1 aromatic heterocycles. The Bertz CT molecular complexity index is 872. The van der Waals surface area contributed by atoms with Gasteiger partial charge < -0.3 is 9.84 Å². The van der Waals surface area contributed by atoms with Crippen molar-refractivity contribution in [2.75, 3.05) is 0 Å². The van der Waals surface area contributed by atoms with Crippen molar-refractivity contribution in [1.29, 1.82) is 0 Å². The Hall–Kier alpha value is -2.73. The molecule has 0 spiro atoms. The molecule has 0 bridgehead atoms. The van der Waals surface area contributed by atoms with Crippen molar-refractivity contribution >= 4 is 21.8 Å². The van der Waals surface area contributed by atoms with Gasteiger partial charge in [0.25, 0.3) is 5.89 Å². The van der Waals surface area contributed by atoms with Gasteiger partial charge in [-0.25, -0.2) is 0 Å². The summed E-state index contributed by atoms with van der Waals surface area (Å²) in [5.41, 5.74) is 2.67. The first-order valence-corrected chi connectivity index (χ1v) is 8.04. The standard InChI is InChI=1S/C18H14BrN3O2/c1-2-16(23)20-11-12-6-8-13(9-7-12)18-21-17(22-24-18)14-4-3-5-15(19)10-14/h2-10H,1,11H2,(H,20,23). The molecule has 3 rings (SSSR count). The zero-order valence-corrected chi connectivity index (χ0v) is 14.3. The van der Waals surface area contributed by atoms with Crippen LogP contribution < -0.4 is 5.32 Å². The number of hydrogen-bond donors (Lipinski definition) is 1. The third-order valence-electron chi connectivity index (χ3n) is 3.36. The topological polar surface area (TPSA) is 68.0 Å². The molecular formula is C18H14BrN3O2. The van der Waals surface area contributed by atoms with Crippen LogP contribution in [0, 0.1) is 0 Å². The fourth-order valence-electron chi connectivity index (χ4n) is 2.11. The number of rotatable bonds is 5. The van der Waals surface area contributed by atoms with E-state index in [0.29, 0.717) is 18.3 Å². The molecule has 0 fully saturated rings. The van der Waals surface area contributed by atoms with Crippen LogP contribution in [0.5, 0.6) is 0 Å². The van der Waals surface area contributed by atoms with Crippen LogP contribution in [0.15, 0.2) is 70.2 Å². The summed E-state index contributed by atoms with van der Waals surface area (Å²) in [6.07, 6.45) is 1.25. The normalized spacial score (nSPS) is 10.4. The molecule has 1 heterocycles. The molecule has 6 heteroatoms. The Kier molecular flexibility index (Phi) is 4.86. The van der Waals surface area contributed by atoms with E-state index < -0.39 is 0 Å². The molecule has 0 aliphatic carbocycles. The van der Waals surface area contributed by atoms with E-state index in [1.54, 1.807) is 0 Å². The van der Waals surface area contributed by atoms with Gasteiger partial charge in [-0.1, -0.05) is 51.9 Å². The molecule has 0 atom stereocenters. The third kappa shape index (κ3) is 3.78. The van der Waals surface area contributed by atoms with Crippen LogP contribution in [0.3, 0.4) is 0 Å². The average molecular weight is 384 g/mol. The van der Waals surface area contributed by atoms with E-state index in [0.717, 1.165) is 21.2 Å². The Labute approximate surface area is 147 Å². The van der Waals surface area contributed by atoms with Crippen LogP contribution in [-0.2, 0) is 11.3 Å². The number of hydrogen-bond acceptors (Lipinski definition) is 4. The van der Waals surface area contributed by atoms with Crippen LogP contribution in [0.1, 0.15) is 5.56 Å². The molecule has 5 nitrogen and oxygen atoms in total. The lowest BCUT2D eigenvalue weighted by molar-refractivity contribution is -0.116. The maximum atomic E-state index is 11.2. The largest absolute Gasteiger partial charge is 0.348 e. The maximum Gasteiger partial charge on any atom is 0.258 e. The number of carbonyl (C=O) groups is 1. The molecule has 120 valence electrons. The van der Waals surface area contributed by atoms with E-state index in [2.05, 4.69) is 38.0 Å². The summed E-state index contributed by atoms with van der Waals surface area (Å²) >= 11 is 3.43. The third-order valence-corrected chi connectivity index (χ3v) is 3.86. The predicted molar refractivity (Wildman–Crippen MR) is 94.9 cm³/mol. The molecule has 0 unspecified atom stereocenters. The highest BCUT2D eigenvalue weighted by molar-refractivity contribution is 9.10. The van der Waals surface area contributed by atoms with Gasteiger partial charge in [0.05, 0.1) is 0 Å². The highest BCUT2D eigenvalue weighted by Gasteiger charge is 2.10. The Morgan fingerprint density at radius 1 is 1.21 bits per heavy atom. The van der Waals surface area contributed by atoms with Crippen molar-refractivity contribution in [3.63, 3.8) is 0 Å². The Balaban J connectivity index is 1.75. The van der Waals surface area contributed by atoms with E-state index in [-0.39, 0.29) is 5.91 Å².